The molecule has 2 fully saturated rings. The van der Waals surface area contributed by atoms with Crippen LogP contribution in [-0.2, 0) is 9.59 Å². The van der Waals surface area contributed by atoms with E-state index in [0.29, 0.717) is 5.69 Å². The molecule has 34 heavy (non-hydrogen) atoms. The highest BCUT2D eigenvalue weighted by Gasteiger charge is 2.59. The summed E-state index contributed by atoms with van der Waals surface area (Å²) in [7, 11) is 0. The van der Waals surface area contributed by atoms with Crippen molar-refractivity contribution >= 4 is 29.4 Å². The van der Waals surface area contributed by atoms with Crippen LogP contribution in [0.15, 0.2) is 65.7 Å². The van der Waals surface area contributed by atoms with Crippen molar-refractivity contribution in [2.75, 3.05) is 10.2 Å². The van der Waals surface area contributed by atoms with Gasteiger partial charge < -0.3 is 5.32 Å². The fourth-order valence-corrected chi connectivity index (χ4v) is 5.21. The normalized spacial score (nSPS) is 26.8. The van der Waals surface area contributed by atoms with E-state index in [0.717, 1.165) is 23.2 Å². The number of imide groups is 1. The number of para-hydroxylation sites is 1. The van der Waals surface area contributed by atoms with Crippen LogP contribution in [0.5, 0.6) is 0 Å². The Bertz CT molecular complexity index is 1030. The highest BCUT2D eigenvalue weighted by molar-refractivity contribution is 6.22. The number of allylic oxidation sites excluding steroid dienone is 2. The van der Waals surface area contributed by atoms with Gasteiger partial charge in [-0.2, -0.15) is 0 Å². The first-order valence-corrected chi connectivity index (χ1v) is 12.8. The summed E-state index contributed by atoms with van der Waals surface area (Å²) in [6, 6.07) is 15.6. The molecule has 2 heterocycles. The minimum Gasteiger partial charge on any atom is -0.360 e. The SMILES string of the molecule is CC.CC.CC.O=C1C2[C@H](C(=O)N1c1ccc(C3N=Cc4ccccc4N3)cc1)C1C=C[C@H]2C1. The van der Waals surface area contributed by atoms with Crippen LogP contribution in [0.1, 0.15) is 65.3 Å². The number of rotatable bonds is 2. The summed E-state index contributed by atoms with van der Waals surface area (Å²) in [5.74, 6) is 0.0596. The van der Waals surface area contributed by atoms with Crippen molar-refractivity contribution in [2.45, 2.75) is 54.1 Å². The molecule has 2 aromatic rings. The Balaban J connectivity index is 0.000000503. The fourth-order valence-electron chi connectivity index (χ4n) is 5.21. The van der Waals surface area contributed by atoms with E-state index in [1.165, 1.54) is 4.90 Å². The van der Waals surface area contributed by atoms with Crippen molar-refractivity contribution in [1.82, 2.24) is 0 Å². The second-order valence-electron chi connectivity index (χ2n) is 8.02. The van der Waals surface area contributed by atoms with Crippen LogP contribution in [0.25, 0.3) is 0 Å². The molecule has 6 rings (SSSR count). The summed E-state index contributed by atoms with van der Waals surface area (Å²) < 4.78 is 0. The van der Waals surface area contributed by atoms with Crippen LogP contribution in [0.4, 0.5) is 11.4 Å². The van der Waals surface area contributed by atoms with Gasteiger partial charge in [0.15, 0.2) is 0 Å². The molecule has 4 aliphatic rings. The van der Waals surface area contributed by atoms with Gasteiger partial charge >= 0.3 is 0 Å². The summed E-state index contributed by atoms with van der Waals surface area (Å²) in [5.41, 5.74) is 3.77. The number of carbonyl (C=O) groups excluding carboxylic acids is 2. The van der Waals surface area contributed by atoms with Gasteiger partial charge in [0.1, 0.15) is 6.17 Å². The average molecular weight is 460 g/mol. The van der Waals surface area contributed by atoms with Gasteiger partial charge in [-0.1, -0.05) is 84.0 Å². The van der Waals surface area contributed by atoms with E-state index in [1.54, 1.807) is 0 Å². The molecular formula is C29H37N3O2. The van der Waals surface area contributed by atoms with Crippen LogP contribution in [0.2, 0.25) is 0 Å². The number of hydrogen-bond acceptors (Lipinski definition) is 4. The largest absolute Gasteiger partial charge is 0.360 e. The van der Waals surface area contributed by atoms with Gasteiger partial charge in [0.05, 0.1) is 17.5 Å². The van der Waals surface area contributed by atoms with Crippen LogP contribution in [0, 0.1) is 23.7 Å². The van der Waals surface area contributed by atoms with Gasteiger partial charge in [0.2, 0.25) is 11.8 Å². The highest BCUT2D eigenvalue weighted by atomic mass is 16.2. The third-order valence-electron chi connectivity index (χ3n) is 6.55. The monoisotopic (exact) mass is 459 g/mol. The van der Waals surface area contributed by atoms with Gasteiger partial charge in [0.25, 0.3) is 0 Å². The molecule has 2 aromatic carbocycles. The third kappa shape index (κ3) is 4.31. The van der Waals surface area contributed by atoms with Crippen molar-refractivity contribution in [2.24, 2.45) is 28.7 Å². The molecule has 3 unspecified atom stereocenters. The lowest BCUT2D eigenvalue weighted by Crippen LogP contribution is -2.32. The summed E-state index contributed by atoms with van der Waals surface area (Å²) in [6.07, 6.45) is 6.89. The fraction of sp³-hybridized carbons (Fsp3) is 0.414. The quantitative estimate of drug-likeness (QED) is 0.405. The molecule has 2 bridgehead atoms. The van der Waals surface area contributed by atoms with Gasteiger partial charge in [-0.25, -0.2) is 0 Å². The molecule has 0 radical (unpaired) electrons. The molecule has 5 heteroatoms. The smallest absolute Gasteiger partial charge is 0.238 e. The zero-order valence-corrected chi connectivity index (χ0v) is 21.2. The Kier molecular flexibility index (Phi) is 8.43. The molecule has 2 aliphatic heterocycles. The molecule has 5 nitrogen and oxygen atoms in total. The second-order valence-corrected chi connectivity index (χ2v) is 8.02. The van der Waals surface area contributed by atoms with Crippen molar-refractivity contribution in [3.05, 3.63) is 71.8 Å². The topological polar surface area (TPSA) is 61.8 Å². The molecule has 2 amide bonds. The van der Waals surface area contributed by atoms with E-state index in [2.05, 4.69) is 22.5 Å². The first-order chi connectivity index (χ1) is 16.7. The van der Waals surface area contributed by atoms with E-state index in [1.807, 2.05) is 96.3 Å². The zero-order valence-electron chi connectivity index (χ0n) is 21.2. The highest BCUT2D eigenvalue weighted by Crippen LogP contribution is 2.53. The standard InChI is InChI=1S/C23H19N3O2.3C2H6/c27-22-19-14-5-6-15(11-14)20(19)23(28)26(22)17-9-7-13(8-10-17)21-24-12-16-3-1-2-4-18(16)25-21;3*1-2/h1-10,12,14-15,19-21,25H,11H2;3*1-2H3/t14-,15?,19?,20+,21?;;;/m0.../s1. The minimum atomic E-state index is -0.173. The minimum absolute atomic E-state index is 0.0395. The number of amides is 2. The molecule has 1 saturated heterocycles. The summed E-state index contributed by atoms with van der Waals surface area (Å²) in [6.45, 7) is 12.0. The van der Waals surface area contributed by atoms with Gasteiger partial charge in [-0.15, -0.1) is 0 Å². The van der Waals surface area contributed by atoms with E-state index in [9.17, 15) is 9.59 Å². The molecule has 1 N–H and O–H groups in total. The average Bonchev–Trinajstić information content (AvgIpc) is 3.61. The van der Waals surface area contributed by atoms with Gasteiger partial charge in [0, 0.05) is 17.5 Å². The number of anilines is 2. The van der Waals surface area contributed by atoms with Crippen molar-refractivity contribution in [3.63, 3.8) is 0 Å². The number of carbonyl (C=O) groups is 2. The predicted molar refractivity (Wildman–Crippen MR) is 141 cm³/mol. The Morgan fingerprint density at radius 1 is 0.794 bits per heavy atom. The lowest BCUT2D eigenvalue weighted by molar-refractivity contribution is -0.123. The van der Waals surface area contributed by atoms with Crippen LogP contribution >= 0.6 is 0 Å². The van der Waals surface area contributed by atoms with Crippen LogP contribution in [-0.4, -0.2) is 18.0 Å². The molecule has 5 atom stereocenters. The molecule has 1 saturated carbocycles. The molecule has 0 spiro atoms. The number of fused-ring (bicyclic) bond motifs is 6. The summed E-state index contributed by atoms with van der Waals surface area (Å²) in [5, 5.41) is 3.42. The number of aliphatic imine (C=N–C) groups is 1. The molecule has 2 aliphatic carbocycles. The van der Waals surface area contributed by atoms with Crippen molar-refractivity contribution in [1.29, 1.82) is 0 Å². The number of benzene rings is 2. The number of hydrogen-bond donors (Lipinski definition) is 1. The zero-order chi connectivity index (χ0) is 24.8. The maximum atomic E-state index is 12.9. The Morgan fingerprint density at radius 3 is 1.94 bits per heavy atom. The Hall–Kier alpha value is -3.21. The van der Waals surface area contributed by atoms with Crippen LogP contribution in [0.3, 0.4) is 0 Å². The molecular weight excluding hydrogens is 422 g/mol. The maximum absolute atomic E-state index is 12.9. The molecule has 0 aromatic heterocycles. The van der Waals surface area contributed by atoms with E-state index in [-0.39, 0.29) is 41.7 Å². The van der Waals surface area contributed by atoms with Crippen LogP contribution < -0.4 is 10.2 Å². The first-order valence-electron chi connectivity index (χ1n) is 12.8. The Labute approximate surface area is 204 Å². The van der Waals surface area contributed by atoms with E-state index >= 15 is 0 Å². The van der Waals surface area contributed by atoms with Gasteiger partial charge in [-0.05, 0) is 42.0 Å². The van der Waals surface area contributed by atoms with E-state index in [4.69, 9.17) is 0 Å². The lowest BCUT2D eigenvalue weighted by Gasteiger charge is -2.23. The summed E-state index contributed by atoms with van der Waals surface area (Å²) in [4.78, 5) is 31.9. The summed E-state index contributed by atoms with van der Waals surface area (Å²) >= 11 is 0. The second kappa shape index (κ2) is 11.3. The van der Waals surface area contributed by atoms with Crippen molar-refractivity contribution in [3.8, 4) is 0 Å². The maximum Gasteiger partial charge on any atom is 0.238 e. The first kappa shape index (κ1) is 25.4. The Morgan fingerprint density at radius 2 is 1.35 bits per heavy atom. The van der Waals surface area contributed by atoms with Crippen molar-refractivity contribution < 1.29 is 9.59 Å². The number of nitrogens with zero attached hydrogens (tertiary/aromatic N) is 2. The lowest BCUT2D eigenvalue weighted by atomic mass is 9.85. The number of nitrogens with one attached hydrogen (secondary N) is 1. The van der Waals surface area contributed by atoms with Gasteiger partial charge in [-0.3, -0.25) is 19.5 Å². The molecule has 180 valence electrons. The van der Waals surface area contributed by atoms with E-state index < -0.39 is 0 Å². The third-order valence-corrected chi connectivity index (χ3v) is 6.55. The predicted octanol–water partition coefficient (Wildman–Crippen LogP) is 6.62.